The van der Waals surface area contributed by atoms with Crippen molar-refractivity contribution in [3.63, 3.8) is 0 Å². The van der Waals surface area contributed by atoms with Crippen LogP contribution in [0.1, 0.15) is 17.0 Å². The summed E-state index contributed by atoms with van der Waals surface area (Å²) in [6.07, 6.45) is 1.81. The third kappa shape index (κ3) is 2.93. The molecule has 0 aliphatic heterocycles. The first-order valence-electron chi connectivity index (χ1n) is 6.68. The van der Waals surface area contributed by atoms with Crippen molar-refractivity contribution in [1.82, 2.24) is 4.98 Å². The Kier molecular flexibility index (Phi) is 4.05. The second-order valence-corrected chi connectivity index (χ2v) is 5.93. The van der Waals surface area contributed by atoms with Crippen molar-refractivity contribution < 1.29 is 4.92 Å². The van der Waals surface area contributed by atoms with E-state index in [-0.39, 0.29) is 17.4 Å². The van der Waals surface area contributed by atoms with Crippen molar-refractivity contribution in [2.24, 2.45) is 0 Å². The van der Waals surface area contributed by atoms with Crippen LogP contribution < -0.4 is 0 Å². The van der Waals surface area contributed by atoms with Crippen LogP contribution >= 0.6 is 23.2 Å². The lowest BCUT2D eigenvalue weighted by Gasteiger charge is -2.13. The summed E-state index contributed by atoms with van der Waals surface area (Å²) >= 11 is 11.9. The fraction of sp³-hybridized carbons (Fsp3) is 0.125. The Morgan fingerprint density at radius 3 is 2.45 bits per heavy atom. The van der Waals surface area contributed by atoms with Crippen LogP contribution in [0.4, 0.5) is 0 Å². The highest BCUT2D eigenvalue weighted by Crippen LogP contribution is 2.32. The summed E-state index contributed by atoms with van der Waals surface area (Å²) in [5, 5.41) is 13.2. The molecule has 3 aromatic rings. The average molecular weight is 335 g/mol. The first-order chi connectivity index (χ1) is 10.5. The van der Waals surface area contributed by atoms with E-state index in [0.717, 1.165) is 22.0 Å². The smallest absolute Gasteiger partial charge is 0.214 e. The standard InChI is InChI=1S/C16H12Cl2N2O2/c17-11-3-1-10(2-4-11)15(9-20(21)22)14-8-19-16-7-12(18)5-6-13(14)16/h1-8,15,19H,9H2. The van der Waals surface area contributed by atoms with E-state index in [2.05, 4.69) is 4.98 Å². The SMILES string of the molecule is O=[N+]([O-])CC(c1ccc(Cl)cc1)c1c[nH]c2cc(Cl)ccc12. The van der Waals surface area contributed by atoms with Crippen molar-refractivity contribution in [3.05, 3.63) is 79.9 Å². The predicted molar refractivity (Wildman–Crippen MR) is 88.5 cm³/mol. The van der Waals surface area contributed by atoms with Crippen molar-refractivity contribution in [2.45, 2.75) is 5.92 Å². The summed E-state index contributed by atoms with van der Waals surface area (Å²) < 4.78 is 0. The molecule has 0 aliphatic rings. The number of aromatic nitrogens is 1. The number of H-pyrrole nitrogens is 1. The summed E-state index contributed by atoms with van der Waals surface area (Å²) in [5.74, 6) is -0.345. The van der Waals surface area contributed by atoms with Crippen LogP contribution in [0.5, 0.6) is 0 Å². The number of hydrogen-bond donors (Lipinski definition) is 1. The van der Waals surface area contributed by atoms with Gasteiger partial charge in [-0.05, 0) is 35.4 Å². The van der Waals surface area contributed by atoms with Crippen LogP contribution in [0.15, 0.2) is 48.7 Å². The molecular weight excluding hydrogens is 323 g/mol. The zero-order valence-corrected chi connectivity index (χ0v) is 12.9. The minimum atomic E-state index is -0.345. The van der Waals surface area contributed by atoms with Gasteiger partial charge in [-0.1, -0.05) is 41.4 Å². The molecule has 0 spiro atoms. The van der Waals surface area contributed by atoms with E-state index >= 15 is 0 Å². The number of halogens is 2. The van der Waals surface area contributed by atoms with Crippen LogP contribution in [-0.4, -0.2) is 16.5 Å². The zero-order valence-electron chi connectivity index (χ0n) is 11.4. The molecule has 0 saturated heterocycles. The number of nitrogens with zero attached hydrogens (tertiary/aromatic N) is 1. The van der Waals surface area contributed by atoms with Crippen LogP contribution in [0.25, 0.3) is 10.9 Å². The Balaban J connectivity index is 2.11. The predicted octanol–water partition coefficient (Wildman–Crippen LogP) is 4.88. The Morgan fingerprint density at radius 1 is 1.09 bits per heavy atom. The molecule has 1 N–H and O–H groups in total. The average Bonchev–Trinajstić information content (AvgIpc) is 2.88. The second kappa shape index (κ2) is 5.99. The van der Waals surface area contributed by atoms with Gasteiger partial charge in [0.2, 0.25) is 6.54 Å². The highest BCUT2D eigenvalue weighted by atomic mass is 35.5. The number of benzene rings is 2. The van der Waals surface area contributed by atoms with E-state index in [1.54, 1.807) is 18.2 Å². The van der Waals surface area contributed by atoms with Crippen LogP contribution in [-0.2, 0) is 0 Å². The van der Waals surface area contributed by atoms with Crippen LogP contribution in [0, 0.1) is 10.1 Å². The lowest BCUT2D eigenvalue weighted by Crippen LogP contribution is -2.13. The van der Waals surface area contributed by atoms with E-state index in [1.807, 2.05) is 30.5 Å². The van der Waals surface area contributed by atoms with Gasteiger partial charge in [-0.2, -0.15) is 0 Å². The Morgan fingerprint density at radius 2 is 1.77 bits per heavy atom. The molecule has 0 amide bonds. The van der Waals surface area contributed by atoms with E-state index in [1.165, 1.54) is 0 Å². The van der Waals surface area contributed by atoms with Gasteiger partial charge in [-0.15, -0.1) is 0 Å². The number of rotatable bonds is 4. The molecule has 0 bridgehead atoms. The fourth-order valence-corrected chi connectivity index (χ4v) is 2.93. The normalized spacial score (nSPS) is 12.5. The lowest BCUT2D eigenvalue weighted by atomic mass is 9.91. The largest absolute Gasteiger partial charge is 0.361 e. The van der Waals surface area contributed by atoms with E-state index in [4.69, 9.17) is 23.2 Å². The van der Waals surface area contributed by atoms with Gasteiger partial charge in [0.25, 0.3) is 0 Å². The summed E-state index contributed by atoms with van der Waals surface area (Å²) in [7, 11) is 0. The molecule has 2 aromatic carbocycles. The second-order valence-electron chi connectivity index (χ2n) is 5.05. The third-order valence-electron chi connectivity index (χ3n) is 3.66. The lowest BCUT2D eigenvalue weighted by molar-refractivity contribution is -0.481. The first kappa shape index (κ1) is 14.9. The zero-order chi connectivity index (χ0) is 15.7. The molecule has 1 atom stereocenters. The summed E-state index contributed by atoms with van der Waals surface area (Å²) in [6.45, 7) is -0.183. The number of fused-ring (bicyclic) bond motifs is 1. The van der Waals surface area contributed by atoms with Gasteiger partial charge in [0.15, 0.2) is 0 Å². The van der Waals surface area contributed by atoms with Gasteiger partial charge < -0.3 is 4.98 Å². The minimum absolute atomic E-state index is 0.183. The third-order valence-corrected chi connectivity index (χ3v) is 4.14. The fourth-order valence-electron chi connectivity index (χ4n) is 2.64. The van der Waals surface area contributed by atoms with E-state index in [9.17, 15) is 10.1 Å². The molecular formula is C16H12Cl2N2O2. The highest BCUT2D eigenvalue weighted by Gasteiger charge is 2.23. The number of hydrogen-bond acceptors (Lipinski definition) is 2. The number of nitrogens with one attached hydrogen (secondary N) is 1. The van der Waals surface area contributed by atoms with Crippen molar-refractivity contribution in [2.75, 3.05) is 6.54 Å². The topological polar surface area (TPSA) is 58.9 Å². The van der Waals surface area contributed by atoms with Gasteiger partial charge in [-0.25, -0.2) is 0 Å². The summed E-state index contributed by atoms with van der Waals surface area (Å²) in [5.41, 5.74) is 2.60. The van der Waals surface area contributed by atoms with E-state index < -0.39 is 0 Å². The monoisotopic (exact) mass is 334 g/mol. The molecule has 6 heteroatoms. The number of nitro groups is 1. The molecule has 0 aliphatic carbocycles. The van der Waals surface area contributed by atoms with Crippen LogP contribution in [0.2, 0.25) is 10.0 Å². The summed E-state index contributed by atoms with van der Waals surface area (Å²) in [6, 6.07) is 12.6. The van der Waals surface area contributed by atoms with Gasteiger partial charge in [-0.3, -0.25) is 10.1 Å². The molecule has 112 valence electrons. The maximum atomic E-state index is 11.1. The first-order valence-corrected chi connectivity index (χ1v) is 7.44. The van der Waals surface area contributed by atoms with Gasteiger partial charge in [0, 0.05) is 32.1 Å². The molecule has 0 fully saturated rings. The van der Waals surface area contributed by atoms with Crippen molar-refractivity contribution >= 4 is 34.1 Å². The summed E-state index contributed by atoms with van der Waals surface area (Å²) in [4.78, 5) is 13.9. The molecule has 22 heavy (non-hydrogen) atoms. The van der Waals surface area contributed by atoms with Gasteiger partial charge in [0.1, 0.15) is 0 Å². The molecule has 3 rings (SSSR count). The Bertz CT molecular complexity index is 828. The molecule has 1 aromatic heterocycles. The maximum Gasteiger partial charge on any atom is 0.214 e. The molecule has 1 heterocycles. The Labute approximate surface area is 136 Å². The molecule has 1 unspecified atom stereocenters. The van der Waals surface area contributed by atoms with Crippen LogP contribution in [0.3, 0.4) is 0 Å². The Hall–Kier alpha value is -2.04. The van der Waals surface area contributed by atoms with Gasteiger partial charge in [0.05, 0.1) is 5.92 Å². The quantitative estimate of drug-likeness (QED) is 0.545. The van der Waals surface area contributed by atoms with Gasteiger partial charge >= 0.3 is 0 Å². The molecule has 4 nitrogen and oxygen atoms in total. The number of aromatic amines is 1. The van der Waals surface area contributed by atoms with E-state index in [0.29, 0.717) is 10.0 Å². The maximum absolute atomic E-state index is 11.1. The van der Waals surface area contributed by atoms with Crippen molar-refractivity contribution in [1.29, 1.82) is 0 Å². The molecule has 0 saturated carbocycles. The van der Waals surface area contributed by atoms with Crippen molar-refractivity contribution in [3.8, 4) is 0 Å². The highest BCUT2D eigenvalue weighted by molar-refractivity contribution is 6.31. The molecule has 0 radical (unpaired) electrons. The minimum Gasteiger partial charge on any atom is -0.361 e.